The van der Waals surface area contributed by atoms with E-state index in [1.54, 1.807) is 11.0 Å². The fraction of sp³-hybridized carbons (Fsp3) is 0.520. The van der Waals surface area contributed by atoms with Crippen molar-refractivity contribution in [1.29, 1.82) is 0 Å². The Morgan fingerprint density at radius 3 is 2.48 bits per heavy atom. The Bertz CT molecular complexity index is 881. The number of furan rings is 1. The molecular formula is C25H35N2O4+. The number of rotatable bonds is 8. The average molecular weight is 428 g/mol. The van der Waals surface area contributed by atoms with E-state index in [1.807, 2.05) is 13.0 Å². The molecule has 1 unspecified atom stereocenters. The lowest BCUT2D eigenvalue weighted by Gasteiger charge is -2.30. The Hall–Kier alpha value is -2.60. The van der Waals surface area contributed by atoms with Crippen LogP contribution in [0.15, 0.2) is 40.8 Å². The summed E-state index contributed by atoms with van der Waals surface area (Å²) in [7, 11) is 0. The number of piperidine rings is 1. The number of nitrogens with one attached hydrogen (secondary N) is 1. The fourth-order valence-electron chi connectivity index (χ4n) is 4.07. The van der Waals surface area contributed by atoms with E-state index in [1.165, 1.54) is 16.0 Å². The van der Waals surface area contributed by atoms with Crippen LogP contribution in [0.5, 0.6) is 0 Å². The van der Waals surface area contributed by atoms with Crippen LogP contribution in [-0.4, -0.2) is 42.5 Å². The van der Waals surface area contributed by atoms with Gasteiger partial charge in [0.2, 0.25) is 0 Å². The standard InChI is InChI=1S/C25H34N2O4/c1-5-30-25(29)20-12-14-26(15-13-20)24(28)23-11-10-22(31-23)17-27(18(2)3)16-21-9-7-6-8-19(21)4/h6-11,18,20H,5,12-17H2,1-4H3/p+1. The second-order valence-corrected chi connectivity index (χ2v) is 8.68. The van der Waals surface area contributed by atoms with Gasteiger partial charge in [0.1, 0.15) is 13.1 Å². The van der Waals surface area contributed by atoms with Crippen LogP contribution < -0.4 is 4.90 Å². The first-order valence-corrected chi connectivity index (χ1v) is 11.3. The van der Waals surface area contributed by atoms with Gasteiger partial charge in [0, 0.05) is 18.7 Å². The topological polar surface area (TPSA) is 64.2 Å². The summed E-state index contributed by atoms with van der Waals surface area (Å²) in [4.78, 5) is 28.0. The maximum Gasteiger partial charge on any atom is 0.309 e. The van der Waals surface area contributed by atoms with Crippen LogP contribution in [-0.2, 0) is 22.6 Å². The molecule has 1 aliphatic heterocycles. The van der Waals surface area contributed by atoms with Gasteiger partial charge in [-0.2, -0.15) is 0 Å². The molecule has 168 valence electrons. The summed E-state index contributed by atoms with van der Waals surface area (Å²) in [6.07, 6.45) is 1.28. The minimum atomic E-state index is -0.153. The number of carbonyl (C=O) groups excluding carboxylic acids is 2. The van der Waals surface area contributed by atoms with Gasteiger partial charge in [-0.15, -0.1) is 0 Å². The SMILES string of the molecule is CCOC(=O)C1CCN(C(=O)c2ccc(C[NH+](Cc3ccccc3C)C(C)C)o2)CC1. The first-order valence-electron chi connectivity index (χ1n) is 11.3. The monoisotopic (exact) mass is 427 g/mol. The first-order chi connectivity index (χ1) is 14.9. The van der Waals surface area contributed by atoms with E-state index in [0.717, 1.165) is 18.8 Å². The molecular weight excluding hydrogens is 392 g/mol. The zero-order valence-corrected chi connectivity index (χ0v) is 19.1. The van der Waals surface area contributed by atoms with E-state index in [-0.39, 0.29) is 17.8 Å². The third kappa shape index (κ3) is 5.97. The lowest BCUT2D eigenvalue weighted by molar-refractivity contribution is -0.949. The summed E-state index contributed by atoms with van der Waals surface area (Å²) in [6, 6.07) is 12.6. The average Bonchev–Trinajstić information content (AvgIpc) is 3.23. The van der Waals surface area contributed by atoms with Crippen molar-refractivity contribution in [2.75, 3.05) is 19.7 Å². The van der Waals surface area contributed by atoms with Gasteiger partial charge in [0.05, 0.1) is 18.6 Å². The molecule has 1 aliphatic rings. The molecule has 2 heterocycles. The van der Waals surface area contributed by atoms with Crippen molar-refractivity contribution in [2.24, 2.45) is 5.92 Å². The fourth-order valence-corrected chi connectivity index (χ4v) is 4.07. The van der Waals surface area contributed by atoms with Crippen LogP contribution in [0.4, 0.5) is 0 Å². The van der Waals surface area contributed by atoms with E-state index in [2.05, 4.69) is 45.0 Å². The number of benzene rings is 1. The molecule has 1 N–H and O–H groups in total. The van der Waals surface area contributed by atoms with Crippen LogP contribution in [0.3, 0.4) is 0 Å². The summed E-state index contributed by atoms with van der Waals surface area (Å²) in [6.45, 7) is 11.5. The largest absolute Gasteiger partial charge is 0.466 e. The molecule has 0 aliphatic carbocycles. The molecule has 1 fully saturated rings. The Balaban J connectivity index is 1.59. The normalized spacial score (nSPS) is 15.8. The van der Waals surface area contributed by atoms with Gasteiger partial charge in [0.25, 0.3) is 5.91 Å². The number of nitrogens with zero attached hydrogens (tertiary/aromatic N) is 1. The highest BCUT2D eigenvalue weighted by molar-refractivity contribution is 5.91. The second kappa shape index (κ2) is 10.6. The van der Waals surface area contributed by atoms with Gasteiger partial charge in [-0.25, -0.2) is 0 Å². The molecule has 1 aromatic carbocycles. The number of likely N-dealkylation sites (tertiary alicyclic amines) is 1. The molecule has 31 heavy (non-hydrogen) atoms. The number of carbonyl (C=O) groups is 2. The predicted molar refractivity (Wildman–Crippen MR) is 119 cm³/mol. The minimum absolute atomic E-state index is 0.0986. The van der Waals surface area contributed by atoms with Gasteiger partial charge in [-0.3, -0.25) is 9.59 Å². The molecule has 1 atom stereocenters. The van der Waals surface area contributed by atoms with Crippen LogP contribution in [0.1, 0.15) is 61.1 Å². The molecule has 1 aromatic heterocycles. The molecule has 0 bridgehead atoms. The predicted octanol–water partition coefficient (Wildman–Crippen LogP) is 3.00. The molecule has 0 spiro atoms. The van der Waals surface area contributed by atoms with Crippen molar-refractivity contribution in [1.82, 2.24) is 4.90 Å². The molecule has 6 nitrogen and oxygen atoms in total. The number of hydrogen-bond acceptors (Lipinski definition) is 4. The number of hydrogen-bond donors (Lipinski definition) is 1. The quantitative estimate of drug-likeness (QED) is 0.658. The lowest BCUT2D eigenvalue weighted by atomic mass is 9.97. The first kappa shape index (κ1) is 23.1. The summed E-state index contributed by atoms with van der Waals surface area (Å²) >= 11 is 0. The molecule has 0 saturated carbocycles. The van der Waals surface area contributed by atoms with Crippen LogP contribution >= 0.6 is 0 Å². The highest BCUT2D eigenvalue weighted by Gasteiger charge is 2.30. The third-order valence-electron chi connectivity index (χ3n) is 6.17. The molecule has 1 amide bonds. The van der Waals surface area contributed by atoms with Crippen molar-refractivity contribution in [3.05, 3.63) is 59.0 Å². The van der Waals surface area contributed by atoms with Gasteiger partial charge in [-0.05, 0) is 58.2 Å². The Morgan fingerprint density at radius 2 is 1.84 bits per heavy atom. The van der Waals surface area contributed by atoms with Crippen molar-refractivity contribution < 1.29 is 23.6 Å². The highest BCUT2D eigenvalue weighted by atomic mass is 16.5. The number of amides is 1. The number of esters is 1. The van der Waals surface area contributed by atoms with Crippen molar-refractivity contribution in [2.45, 2.75) is 59.7 Å². The van der Waals surface area contributed by atoms with Crippen LogP contribution in [0.2, 0.25) is 0 Å². The third-order valence-corrected chi connectivity index (χ3v) is 6.17. The molecule has 2 aromatic rings. The summed E-state index contributed by atoms with van der Waals surface area (Å²) in [5, 5.41) is 0. The van der Waals surface area contributed by atoms with Crippen molar-refractivity contribution >= 4 is 11.9 Å². The maximum absolute atomic E-state index is 12.9. The van der Waals surface area contributed by atoms with Gasteiger partial charge in [-0.1, -0.05) is 24.3 Å². The second-order valence-electron chi connectivity index (χ2n) is 8.68. The number of aryl methyl sites for hydroxylation is 1. The zero-order valence-electron chi connectivity index (χ0n) is 19.1. The summed E-state index contributed by atoms with van der Waals surface area (Å²) in [5.41, 5.74) is 2.63. The minimum Gasteiger partial charge on any atom is -0.466 e. The summed E-state index contributed by atoms with van der Waals surface area (Å²) < 4.78 is 11.1. The zero-order chi connectivity index (χ0) is 22.4. The van der Waals surface area contributed by atoms with Gasteiger partial charge < -0.3 is 19.0 Å². The molecule has 1 saturated heterocycles. The van der Waals surface area contributed by atoms with E-state index in [4.69, 9.17) is 9.15 Å². The van der Waals surface area contributed by atoms with Crippen molar-refractivity contribution in [3.8, 4) is 0 Å². The molecule has 3 rings (SSSR count). The smallest absolute Gasteiger partial charge is 0.309 e. The summed E-state index contributed by atoms with van der Waals surface area (Å²) in [5.74, 6) is 0.838. The van der Waals surface area contributed by atoms with E-state index < -0.39 is 0 Å². The van der Waals surface area contributed by atoms with E-state index in [0.29, 0.717) is 44.3 Å². The number of quaternary nitrogens is 1. The number of ether oxygens (including phenoxy) is 1. The van der Waals surface area contributed by atoms with Crippen LogP contribution in [0, 0.1) is 12.8 Å². The Labute approximate surface area is 185 Å². The van der Waals surface area contributed by atoms with Crippen molar-refractivity contribution in [3.63, 3.8) is 0 Å². The van der Waals surface area contributed by atoms with Crippen LogP contribution in [0.25, 0.3) is 0 Å². The Morgan fingerprint density at radius 1 is 1.13 bits per heavy atom. The molecule has 6 heteroatoms. The molecule has 0 radical (unpaired) electrons. The highest BCUT2D eigenvalue weighted by Crippen LogP contribution is 2.21. The van der Waals surface area contributed by atoms with E-state index >= 15 is 0 Å². The van der Waals surface area contributed by atoms with Gasteiger partial charge in [0.15, 0.2) is 11.5 Å². The lowest BCUT2D eigenvalue weighted by Crippen LogP contribution is -3.12. The van der Waals surface area contributed by atoms with Gasteiger partial charge >= 0.3 is 5.97 Å². The maximum atomic E-state index is 12.9. The van der Waals surface area contributed by atoms with E-state index in [9.17, 15) is 9.59 Å². The Kier molecular flexibility index (Phi) is 7.91.